The molecule has 0 radical (unpaired) electrons. The summed E-state index contributed by atoms with van der Waals surface area (Å²) in [6.07, 6.45) is 1.26. The molecule has 2 atom stereocenters. The molecule has 2 unspecified atom stereocenters. The van der Waals surface area contributed by atoms with Crippen molar-refractivity contribution in [1.29, 1.82) is 0 Å². The normalized spacial score (nSPS) is 24.9. The molecule has 0 aliphatic carbocycles. The van der Waals surface area contributed by atoms with Gasteiger partial charge < -0.3 is 5.32 Å². The predicted molar refractivity (Wildman–Crippen MR) is 78.1 cm³/mol. The first-order valence-corrected chi connectivity index (χ1v) is 7.17. The minimum atomic E-state index is 0.496. The SMILES string of the molecule is CNCC1CCN(C(C)C)C1c1cccc(Cl)c1. The van der Waals surface area contributed by atoms with Crippen LogP contribution >= 0.6 is 11.6 Å². The van der Waals surface area contributed by atoms with Crippen LogP contribution in [0.3, 0.4) is 0 Å². The molecule has 2 rings (SSSR count). The lowest BCUT2D eigenvalue weighted by molar-refractivity contribution is 0.182. The van der Waals surface area contributed by atoms with Crippen LogP contribution < -0.4 is 5.32 Å². The maximum Gasteiger partial charge on any atom is 0.0409 e. The first-order chi connectivity index (χ1) is 8.63. The standard InChI is InChI=1S/C15H23ClN2/c1-11(2)18-8-7-13(10-17-3)15(18)12-5-4-6-14(16)9-12/h4-6,9,11,13,15,17H,7-8,10H2,1-3H3. The molecule has 18 heavy (non-hydrogen) atoms. The summed E-state index contributed by atoms with van der Waals surface area (Å²) in [6.45, 7) is 6.81. The van der Waals surface area contributed by atoms with Crippen LogP contribution in [0.15, 0.2) is 24.3 Å². The number of halogens is 1. The highest BCUT2D eigenvalue weighted by Gasteiger charge is 2.35. The van der Waals surface area contributed by atoms with Crippen molar-refractivity contribution in [3.05, 3.63) is 34.9 Å². The molecule has 100 valence electrons. The van der Waals surface area contributed by atoms with Crippen molar-refractivity contribution in [2.45, 2.75) is 32.4 Å². The summed E-state index contributed by atoms with van der Waals surface area (Å²) in [5, 5.41) is 4.16. The van der Waals surface area contributed by atoms with E-state index in [4.69, 9.17) is 11.6 Å². The number of likely N-dealkylation sites (tertiary alicyclic amines) is 1. The van der Waals surface area contributed by atoms with Crippen molar-refractivity contribution in [2.75, 3.05) is 20.1 Å². The molecule has 0 amide bonds. The fraction of sp³-hybridized carbons (Fsp3) is 0.600. The van der Waals surface area contributed by atoms with E-state index in [1.165, 1.54) is 18.5 Å². The molecule has 1 aromatic carbocycles. The zero-order valence-corrected chi connectivity index (χ0v) is 12.2. The second kappa shape index (κ2) is 6.05. The molecule has 2 nitrogen and oxygen atoms in total. The third-order valence-corrected chi connectivity index (χ3v) is 4.12. The van der Waals surface area contributed by atoms with Gasteiger partial charge in [-0.2, -0.15) is 0 Å². The molecule has 1 heterocycles. The number of hydrogen-bond acceptors (Lipinski definition) is 2. The van der Waals surface area contributed by atoms with Crippen molar-refractivity contribution >= 4 is 11.6 Å². The number of hydrogen-bond donors (Lipinski definition) is 1. The Labute approximate surface area is 115 Å². The molecular formula is C15H23ClN2. The van der Waals surface area contributed by atoms with Gasteiger partial charge >= 0.3 is 0 Å². The molecule has 1 fully saturated rings. The lowest BCUT2D eigenvalue weighted by atomic mass is 9.93. The van der Waals surface area contributed by atoms with E-state index < -0.39 is 0 Å². The van der Waals surface area contributed by atoms with E-state index in [2.05, 4.69) is 42.3 Å². The van der Waals surface area contributed by atoms with E-state index in [1.807, 2.05) is 13.1 Å². The predicted octanol–water partition coefficient (Wildman–Crippen LogP) is 3.33. The van der Waals surface area contributed by atoms with Crippen LogP contribution in [0, 0.1) is 5.92 Å². The number of benzene rings is 1. The van der Waals surface area contributed by atoms with Gasteiger partial charge in [-0.3, -0.25) is 4.90 Å². The molecule has 0 aromatic heterocycles. The van der Waals surface area contributed by atoms with E-state index in [9.17, 15) is 0 Å². The summed E-state index contributed by atoms with van der Waals surface area (Å²) in [6, 6.07) is 9.42. The van der Waals surface area contributed by atoms with E-state index >= 15 is 0 Å². The maximum atomic E-state index is 6.14. The lowest BCUT2D eigenvalue weighted by Crippen LogP contribution is -2.33. The Morgan fingerprint density at radius 2 is 2.22 bits per heavy atom. The first-order valence-electron chi connectivity index (χ1n) is 6.79. The van der Waals surface area contributed by atoms with Crippen molar-refractivity contribution in [2.24, 2.45) is 5.92 Å². The molecule has 1 N–H and O–H groups in total. The molecule has 1 aliphatic rings. The van der Waals surface area contributed by atoms with Crippen molar-refractivity contribution in [1.82, 2.24) is 10.2 Å². The van der Waals surface area contributed by atoms with Gasteiger partial charge in [0.05, 0.1) is 0 Å². The fourth-order valence-electron chi connectivity index (χ4n) is 3.09. The molecule has 1 aliphatic heterocycles. The van der Waals surface area contributed by atoms with Crippen LogP contribution in [0.5, 0.6) is 0 Å². The van der Waals surface area contributed by atoms with E-state index in [0.717, 1.165) is 11.6 Å². The number of rotatable bonds is 4. The summed E-state index contributed by atoms with van der Waals surface area (Å²) in [5.74, 6) is 0.677. The highest BCUT2D eigenvalue weighted by atomic mass is 35.5. The van der Waals surface area contributed by atoms with Gasteiger partial charge in [0.1, 0.15) is 0 Å². The van der Waals surface area contributed by atoms with Crippen LogP contribution in [0.1, 0.15) is 31.9 Å². The number of nitrogens with one attached hydrogen (secondary N) is 1. The summed E-state index contributed by atoms with van der Waals surface area (Å²) in [4.78, 5) is 2.59. The van der Waals surface area contributed by atoms with Gasteiger partial charge in [0, 0.05) is 17.1 Å². The van der Waals surface area contributed by atoms with Gasteiger partial charge in [0.2, 0.25) is 0 Å². The second-order valence-electron chi connectivity index (χ2n) is 5.44. The lowest BCUT2D eigenvalue weighted by Gasteiger charge is -2.31. The monoisotopic (exact) mass is 266 g/mol. The molecule has 0 bridgehead atoms. The van der Waals surface area contributed by atoms with Gasteiger partial charge in [-0.15, -0.1) is 0 Å². The van der Waals surface area contributed by atoms with Crippen LogP contribution in [-0.2, 0) is 0 Å². The Morgan fingerprint density at radius 1 is 1.44 bits per heavy atom. The molecule has 1 aromatic rings. The molecular weight excluding hydrogens is 244 g/mol. The fourth-order valence-corrected chi connectivity index (χ4v) is 3.29. The third-order valence-electron chi connectivity index (χ3n) is 3.88. The Morgan fingerprint density at radius 3 is 2.83 bits per heavy atom. The van der Waals surface area contributed by atoms with Gasteiger partial charge in [0.25, 0.3) is 0 Å². The maximum absolute atomic E-state index is 6.14. The average molecular weight is 267 g/mol. The summed E-state index contributed by atoms with van der Waals surface area (Å²) >= 11 is 6.14. The van der Waals surface area contributed by atoms with E-state index in [0.29, 0.717) is 18.0 Å². The molecule has 0 spiro atoms. The number of nitrogens with zero attached hydrogens (tertiary/aromatic N) is 1. The zero-order chi connectivity index (χ0) is 13.1. The highest BCUT2D eigenvalue weighted by Crippen LogP contribution is 2.38. The molecule has 1 saturated heterocycles. The summed E-state index contributed by atoms with van der Waals surface area (Å²) < 4.78 is 0. The molecule has 0 saturated carbocycles. The second-order valence-corrected chi connectivity index (χ2v) is 5.87. The van der Waals surface area contributed by atoms with E-state index in [1.54, 1.807) is 0 Å². The zero-order valence-electron chi connectivity index (χ0n) is 11.5. The average Bonchev–Trinajstić information content (AvgIpc) is 2.73. The molecule has 3 heteroatoms. The minimum absolute atomic E-state index is 0.496. The van der Waals surface area contributed by atoms with Crippen LogP contribution in [0.4, 0.5) is 0 Å². The summed E-state index contributed by atoms with van der Waals surface area (Å²) in [5.41, 5.74) is 1.36. The van der Waals surface area contributed by atoms with Gasteiger partial charge in [-0.25, -0.2) is 0 Å². The Hall–Kier alpha value is -0.570. The Balaban J connectivity index is 2.28. The largest absolute Gasteiger partial charge is 0.319 e. The van der Waals surface area contributed by atoms with Crippen molar-refractivity contribution in [3.63, 3.8) is 0 Å². The summed E-state index contributed by atoms with van der Waals surface area (Å²) in [7, 11) is 2.03. The quantitative estimate of drug-likeness (QED) is 0.899. The van der Waals surface area contributed by atoms with E-state index in [-0.39, 0.29) is 0 Å². The van der Waals surface area contributed by atoms with Crippen molar-refractivity contribution < 1.29 is 0 Å². The Bertz CT molecular complexity index is 392. The van der Waals surface area contributed by atoms with Gasteiger partial charge in [0.15, 0.2) is 0 Å². The van der Waals surface area contributed by atoms with Crippen LogP contribution in [0.25, 0.3) is 0 Å². The van der Waals surface area contributed by atoms with Crippen LogP contribution in [-0.4, -0.2) is 31.1 Å². The highest BCUT2D eigenvalue weighted by molar-refractivity contribution is 6.30. The van der Waals surface area contributed by atoms with Crippen LogP contribution in [0.2, 0.25) is 5.02 Å². The smallest absolute Gasteiger partial charge is 0.0409 e. The van der Waals surface area contributed by atoms with Gasteiger partial charge in [-0.05, 0) is 64.0 Å². The minimum Gasteiger partial charge on any atom is -0.319 e. The third kappa shape index (κ3) is 2.87. The first kappa shape index (κ1) is 13.9. The van der Waals surface area contributed by atoms with Crippen molar-refractivity contribution in [3.8, 4) is 0 Å². The van der Waals surface area contributed by atoms with Gasteiger partial charge in [-0.1, -0.05) is 23.7 Å². The topological polar surface area (TPSA) is 15.3 Å². The Kier molecular flexibility index (Phi) is 4.66.